The molecule has 2 unspecified atom stereocenters. The number of carbonyl (C=O) groups excluding carboxylic acids is 2. The zero-order chi connectivity index (χ0) is 26.6. The maximum atomic E-state index is 12.1. The number of hydrogen-bond acceptors (Lipinski definition) is 7. The van der Waals surface area contributed by atoms with E-state index in [0.717, 1.165) is 43.2 Å². The van der Waals surface area contributed by atoms with Crippen LogP contribution in [0.15, 0.2) is 43.1 Å². The second kappa shape index (κ2) is 11.5. The zero-order valence-electron chi connectivity index (χ0n) is 22.4. The minimum atomic E-state index is -0.376. The predicted molar refractivity (Wildman–Crippen MR) is 147 cm³/mol. The molecule has 1 N–H and O–H groups in total. The summed E-state index contributed by atoms with van der Waals surface area (Å²) in [4.78, 5) is 39.2. The molecule has 1 saturated heterocycles. The highest BCUT2D eigenvalue weighted by molar-refractivity contribution is 5.89. The molecule has 9 heteroatoms. The Morgan fingerprint density at radius 3 is 2.53 bits per heavy atom. The summed E-state index contributed by atoms with van der Waals surface area (Å²) in [5.41, 5.74) is 3.28. The molecule has 1 aliphatic carbocycles. The van der Waals surface area contributed by atoms with E-state index < -0.39 is 0 Å². The molecule has 5 rings (SSSR count). The number of ether oxygens (including phenoxy) is 1. The van der Waals surface area contributed by atoms with E-state index in [9.17, 15) is 9.59 Å². The van der Waals surface area contributed by atoms with Crippen molar-refractivity contribution in [1.82, 2.24) is 19.8 Å². The summed E-state index contributed by atoms with van der Waals surface area (Å²) < 4.78 is 5.19. The van der Waals surface area contributed by atoms with Crippen molar-refractivity contribution in [3.8, 4) is 0 Å². The maximum Gasteiger partial charge on any atom is 0.415 e. The topological polar surface area (TPSA) is 90.9 Å². The van der Waals surface area contributed by atoms with E-state index in [0.29, 0.717) is 24.4 Å². The Balaban J connectivity index is 1.27. The molecule has 3 heterocycles. The zero-order valence-corrected chi connectivity index (χ0v) is 22.4. The lowest BCUT2D eigenvalue weighted by Crippen LogP contribution is -2.49. The molecule has 2 atom stereocenters. The molecule has 38 heavy (non-hydrogen) atoms. The van der Waals surface area contributed by atoms with Crippen molar-refractivity contribution < 1.29 is 14.3 Å². The van der Waals surface area contributed by atoms with Crippen molar-refractivity contribution in [2.45, 2.75) is 58.2 Å². The fraction of sp³-hybridized carbons (Fsp3) is 0.517. The van der Waals surface area contributed by atoms with Crippen LogP contribution in [0.4, 0.5) is 16.6 Å². The molecule has 1 aromatic carbocycles. The van der Waals surface area contributed by atoms with Gasteiger partial charge in [0.15, 0.2) is 0 Å². The Morgan fingerprint density at radius 2 is 1.89 bits per heavy atom. The molecule has 2 aromatic rings. The van der Waals surface area contributed by atoms with Crippen molar-refractivity contribution in [2.75, 3.05) is 42.9 Å². The summed E-state index contributed by atoms with van der Waals surface area (Å²) >= 11 is 0. The molecule has 9 nitrogen and oxygen atoms in total. The first kappa shape index (κ1) is 26.2. The van der Waals surface area contributed by atoms with E-state index >= 15 is 0 Å². The van der Waals surface area contributed by atoms with E-state index in [1.54, 1.807) is 6.20 Å². The average molecular weight is 519 g/mol. The van der Waals surface area contributed by atoms with Crippen LogP contribution in [-0.2, 0) is 16.1 Å². The first-order chi connectivity index (χ1) is 18.5. The van der Waals surface area contributed by atoms with Crippen LogP contribution in [0.1, 0.15) is 68.3 Å². The number of carbonyl (C=O) groups is 2. The number of nitrogens with zero attached hydrogens (tertiary/aromatic N) is 5. The van der Waals surface area contributed by atoms with Gasteiger partial charge in [0, 0.05) is 45.0 Å². The average Bonchev–Trinajstić information content (AvgIpc) is 2.92. The third-order valence-corrected chi connectivity index (χ3v) is 8.17. The summed E-state index contributed by atoms with van der Waals surface area (Å²) in [6, 6.07) is 9.23. The molecule has 2 amide bonds. The van der Waals surface area contributed by atoms with Gasteiger partial charge in [-0.1, -0.05) is 50.1 Å². The van der Waals surface area contributed by atoms with Gasteiger partial charge in [-0.05, 0) is 43.4 Å². The lowest BCUT2D eigenvalue weighted by atomic mass is 9.79. The standard InChI is InChI=1S/C29H38N6O3/c1-4-26(36)34-15-13-33(14-16-34)25(17-21-7-6-8-21)23-11-9-22(10-12-23)20(3)31-28-30-18-24-19-38-29(37)35(5-2)27(24)32-28/h4,9-12,18,20-21,25H,1,5-8,13-17,19H2,2-3H3,(H,30,31,32). The number of piperazine rings is 1. The molecule has 1 saturated carbocycles. The van der Waals surface area contributed by atoms with Crippen LogP contribution in [0.2, 0.25) is 0 Å². The van der Waals surface area contributed by atoms with Crippen molar-refractivity contribution in [3.05, 3.63) is 59.8 Å². The smallest absolute Gasteiger partial charge is 0.415 e. The molecular formula is C29H38N6O3. The highest BCUT2D eigenvalue weighted by Crippen LogP contribution is 2.38. The summed E-state index contributed by atoms with van der Waals surface area (Å²) in [6.45, 7) is 11.6. The van der Waals surface area contributed by atoms with Gasteiger partial charge in [0.05, 0.1) is 11.6 Å². The van der Waals surface area contributed by atoms with Gasteiger partial charge in [0.1, 0.15) is 12.4 Å². The van der Waals surface area contributed by atoms with Crippen molar-refractivity contribution >= 4 is 23.8 Å². The SMILES string of the molecule is C=CC(=O)N1CCN(C(CC2CCC2)c2ccc(C(C)Nc3ncc4c(n3)N(CC)C(=O)OC4)cc2)CC1. The minimum Gasteiger partial charge on any atom is -0.444 e. The van der Waals surface area contributed by atoms with E-state index in [1.165, 1.54) is 42.2 Å². The fourth-order valence-electron chi connectivity index (χ4n) is 5.59. The third kappa shape index (κ3) is 5.53. The van der Waals surface area contributed by atoms with Gasteiger partial charge in [-0.3, -0.25) is 14.6 Å². The first-order valence-electron chi connectivity index (χ1n) is 13.8. The number of nitrogens with one attached hydrogen (secondary N) is 1. The summed E-state index contributed by atoms with van der Waals surface area (Å²) in [7, 11) is 0. The number of rotatable bonds is 9. The van der Waals surface area contributed by atoms with Gasteiger partial charge < -0.3 is 15.0 Å². The van der Waals surface area contributed by atoms with E-state index in [4.69, 9.17) is 4.74 Å². The highest BCUT2D eigenvalue weighted by Gasteiger charge is 2.31. The first-order valence-corrected chi connectivity index (χ1v) is 13.8. The second-order valence-corrected chi connectivity index (χ2v) is 10.5. The molecule has 2 aliphatic heterocycles. The van der Waals surface area contributed by atoms with Crippen molar-refractivity contribution in [3.63, 3.8) is 0 Å². The van der Waals surface area contributed by atoms with E-state index in [-0.39, 0.29) is 24.6 Å². The molecule has 1 aromatic heterocycles. The number of hydrogen-bond donors (Lipinski definition) is 1. The highest BCUT2D eigenvalue weighted by atomic mass is 16.6. The quantitative estimate of drug-likeness (QED) is 0.482. The lowest BCUT2D eigenvalue weighted by molar-refractivity contribution is -0.128. The van der Waals surface area contributed by atoms with E-state index in [1.807, 2.05) is 11.8 Å². The van der Waals surface area contributed by atoms with Gasteiger partial charge in [-0.2, -0.15) is 4.98 Å². The number of cyclic esters (lactones) is 1. The van der Waals surface area contributed by atoms with Crippen molar-refractivity contribution in [2.24, 2.45) is 5.92 Å². The van der Waals surface area contributed by atoms with Crippen LogP contribution >= 0.6 is 0 Å². The van der Waals surface area contributed by atoms with Crippen LogP contribution in [0.25, 0.3) is 0 Å². The Morgan fingerprint density at radius 1 is 1.18 bits per heavy atom. The van der Waals surface area contributed by atoms with Gasteiger partial charge in [0.25, 0.3) is 0 Å². The predicted octanol–water partition coefficient (Wildman–Crippen LogP) is 4.69. The molecule has 202 valence electrons. The van der Waals surface area contributed by atoms with E-state index in [2.05, 4.69) is 58.0 Å². The van der Waals surface area contributed by atoms with Crippen molar-refractivity contribution in [1.29, 1.82) is 0 Å². The van der Waals surface area contributed by atoms with Crippen LogP contribution < -0.4 is 10.2 Å². The number of anilines is 2. The molecule has 3 aliphatic rings. The number of fused-ring (bicyclic) bond motifs is 1. The molecule has 0 bridgehead atoms. The summed E-state index contributed by atoms with van der Waals surface area (Å²) in [5, 5.41) is 3.39. The summed E-state index contributed by atoms with van der Waals surface area (Å²) in [6.07, 6.45) is 7.90. The normalized spacial score (nSPS) is 19.7. The second-order valence-electron chi connectivity index (χ2n) is 10.5. The minimum absolute atomic E-state index is 0.00809. The molecule has 0 spiro atoms. The van der Waals surface area contributed by atoms with Crippen LogP contribution in [0, 0.1) is 5.92 Å². The number of amides is 2. The molecule has 0 radical (unpaired) electrons. The Kier molecular flexibility index (Phi) is 7.93. The van der Waals surface area contributed by atoms with Gasteiger partial charge in [-0.25, -0.2) is 9.78 Å². The van der Waals surface area contributed by atoms with Gasteiger partial charge >= 0.3 is 6.09 Å². The third-order valence-electron chi connectivity index (χ3n) is 8.17. The maximum absolute atomic E-state index is 12.1. The Hall–Kier alpha value is -3.46. The Bertz CT molecular complexity index is 1160. The number of aromatic nitrogens is 2. The fourth-order valence-corrected chi connectivity index (χ4v) is 5.59. The summed E-state index contributed by atoms with van der Waals surface area (Å²) in [5.74, 6) is 1.91. The van der Waals surface area contributed by atoms with Gasteiger partial charge in [0.2, 0.25) is 11.9 Å². The van der Waals surface area contributed by atoms with Crippen LogP contribution in [0.5, 0.6) is 0 Å². The lowest BCUT2D eigenvalue weighted by Gasteiger charge is -2.41. The number of benzene rings is 1. The monoisotopic (exact) mass is 518 g/mol. The largest absolute Gasteiger partial charge is 0.444 e. The van der Waals surface area contributed by atoms with Gasteiger partial charge in [-0.15, -0.1) is 0 Å². The van der Waals surface area contributed by atoms with Crippen LogP contribution in [0.3, 0.4) is 0 Å². The molecule has 2 fully saturated rings. The Labute approximate surface area is 224 Å². The molecular weight excluding hydrogens is 480 g/mol. The van der Waals surface area contributed by atoms with Crippen LogP contribution in [-0.4, -0.2) is 64.5 Å².